The van der Waals surface area contributed by atoms with Crippen LogP contribution in [0, 0.1) is 0 Å². The lowest BCUT2D eigenvalue weighted by Gasteiger charge is -2.43. The quantitative estimate of drug-likeness (QED) is 0.542. The molecule has 0 aromatic carbocycles. The van der Waals surface area contributed by atoms with Crippen LogP contribution in [0.25, 0.3) is 0 Å². The topological polar surface area (TPSA) is 99.3 Å². The van der Waals surface area contributed by atoms with Crippen LogP contribution in [0.3, 0.4) is 0 Å². The Kier molecular flexibility index (Phi) is 3.47. The number of aliphatic hydroxyl groups is 2. The highest BCUT2D eigenvalue weighted by atomic mass is 16.5. The summed E-state index contributed by atoms with van der Waals surface area (Å²) in [4.78, 5) is 14.6. The van der Waals surface area contributed by atoms with Gasteiger partial charge in [-0.2, -0.15) is 0 Å². The third-order valence-electron chi connectivity index (χ3n) is 3.25. The van der Waals surface area contributed by atoms with E-state index in [-0.39, 0.29) is 24.0 Å². The number of nitrogens with zero attached hydrogens (tertiary/aromatic N) is 2. The van der Waals surface area contributed by atoms with Crippen molar-refractivity contribution < 1.29 is 19.7 Å². The van der Waals surface area contributed by atoms with Crippen molar-refractivity contribution in [2.75, 3.05) is 13.7 Å². The number of carbonyl (C=O) groups is 1. The second kappa shape index (κ2) is 4.75. The summed E-state index contributed by atoms with van der Waals surface area (Å²) in [5, 5.41) is 20.0. The Morgan fingerprint density at radius 1 is 1.50 bits per heavy atom. The average Bonchev–Trinajstić information content (AvgIpc) is 3.11. The van der Waals surface area contributed by atoms with Crippen molar-refractivity contribution in [3.63, 3.8) is 0 Å². The Labute approximate surface area is 105 Å². The lowest BCUT2D eigenvalue weighted by molar-refractivity contribution is -0.167. The molecule has 1 aliphatic carbocycles. The van der Waals surface area contributed by atoms with Crippen LogP contribution >= 0.6 is 0 Å². The molecule has 1 aliphatic heterocycles. The highest BCUT2D eigenvalue weighted by Crippen LogP contribution is 2.35. The number of ether oxygens (including phenoxy) is 1. The normalized spacial score (nSPS) is 29.7. The molecule has 18 heavy (non-hydrogen) atoms. The predicted octanol–water partition coefficient (Wildman–Crippen LogP) is -1.28. The van der Waals surface area contributed by atoms with Gasteiger partial charge in [0.1, 0.15) is 17.6 Å². The Morgan fingerprint density at radius 2 is 2.11 bits per heavy atom. The minimum Gasteiger partial charge on any atom is -0.462 e. The Hall–Kier alpha value is -1.31. The van der Waals surface area contributed by atoms with Gasteiger partial charge in [-0.3, -0.25) is 0 Å². The smallest absolute Gasteiger partial charge is 0.341 e. The predicted molar refractivity (Wildman–Crippen MR) is 62.5 cm³/mol. The van der Waals surface area contributed by atoms with Gasteiger partial charge >= 0.3 is 5.97 Å². The molecular weight excluding hydrogens is 238 g/mol. The summed E-state index contributed by atoms with van der Waals surface area (Å²) >= 11 is 0. The summed E-state index contributed by atoms with van der Waals surface area (Å²) in [5.41, 5.74) is 5.89. The van der Waals surface area contributed by atoms with Gasteiger partial charge in [0.25, 0.3) is 0 Å². The molecule has 2 unspecified atom stereocenters. The SMILES string of the molecule is CCOC(=O)C1=C(N)N(C2CC2)C(O)N(C)C1O. The van der Waals surface area contributed by atoms with E-state index in [0.717, 1.165) is 12.8 Å². The van der Waals surface area contributed by atoms with Crippen LogP contribution in [0.4, 0.5) is 0 Å². The summed E-state index contributed by atoms with van der Waals surface area (Å²) < 4.78 is 4.88. The minimum absolute atomic E-state index is 0.00319. The number of hydrogen-bond donors (Lipinski definition) is 3. The minimum atomic E-state index is -1.26. The molecule has 0 bridgehead atoms. The van der Waals surface area contributed by atoms with Crippen LogP contribution in [0.5, 0.6) is 0 Å². The van der Waals surface area contributed by atoms with Gasteiger partial charge in [0.2, 0.25) is 0 Å². The molecule has 1 saturated carbocycles. The van der Waals surface area contributed by atoms with E-state index < -0.39 is 18.5 Å². The molecule has 0 aromatic rings. The molecule has 102 valence electrons. The second-order valence-corrected chi connectivity index (χ2v) is 4.54. The Bertz CT molecular complexity index is 380. The van der Waals surface area contributed by atoms with Crippen molar-refractivity contribution in [2.24, 2.45) is 5.73 Å². The van der Waals surface area contributed by atoms with Crippen LogP contribution in [0.2, 0.25) is 0 Å². The van der Waals surface area contributed by atoms with Gasteiger partial charge in [-0.25, -0.2) is 9.69 Å². The van der Waals surface area contributed by atoms with E-state index in [9.17, 15) is 15.0 Å². The number of carbonyl (C=O) groups excluding carboxylic acids is 1. The average molecular weight is 257 g/mol. The van der Waals surface area contributed by atoms with Gasteiger partial charge in [-0.15, -0.1) is 0 Å². The van der Waals surface area contributed by atoms with Crippen LogP contribution in [0.1, 0.15) is 19.8 Å². The molecule has 7 nitrogen and oxygen atoms in total. The zero-order valence-corrected chi connectivity index (χ0v) is 10.5. The van der Waals surface area contributed by atoms with Crippen molar-refractivity contribution in [2.45, 2.75) is 38.4 Å². The van der Waals surface area contributed by atoms with Gasteiger partial charge in [0.15, 0.2) is 6.35 Å². The lowest BCUT2D eigenvalue weighted by Crippen LogP contribution is -2.58. The van der Waals surface area contributed by atoms with Crippen LogP contribution in [0.15, 0.2) is 11.4 Å². The Balaban J connectivity index is 2.35. The van der Waals surface area contributed by atoms with E-state index in [1.54, 1.807) is 11.8 Å². The zero-order valence-electron chi connectivity index (χ0n) is 10.5. The summed E-state index contributed by atoms with van der Waals surface area (Å²) in [6, 6.07) is 0.124. The van der Waals surface area contributed by atoms with Crippen molar-refractivity contribution in [1.29, 1.82) is 0 Å². The lowest BCUT2D eigenvalue weighted by atomic mass is 10.1. The fourth-order valence-corrected chi connectivity index (χ4v) is 2.08. The number of rotatable bonds is 3. The summed E-state index contributed by atoms with van der Waals surface area (Å²) in [7, 11) is 1.52. The summed E-state index contributed by atoms with van der Waals surface area (Å²) in [6.45, 7) is 1.89. The van der Waals surface area contributed by atoms with Gasteiger partial charge in [0, 0.05) is 6.04 Å². The van der Waals surface area contributed by atoms with E-state index in [1.807, 2.05) is 0 Å². The fourth-order valence-electron chi connectivity index (χ4n) is 2.08. The van der Waals surface area contributed by atoms with Crippen molar-refractivity contribution in [1.82, 2.24) is 9.80 Å². The first-order valence-electron chi connectivity index (χ1n) is 6.02. The maximum Gasteiger partial charge on any atom is 0.341 e. The molecule has 0 saturated heterocycles. The fraction of sp³-hybridized carbons (Fsp3) is 0.727. The third kappa shape index (κ3) is 2.05. The number of esters is 1. The zero-order chi connectivity index (χ0) is 13.4. The molecule has 0 radical (unpaired) electrons. The van der Waals surface area contributed by atoms with Crippen LogP contribution in [-0.4, -0.2) is 58.3 Å². The molecule has 4 N–H and O–H groups in total. The first kappa shape index (κ1) is 13.1. The highest BCUT2D eigenvalue weighted by molar-refractivity contribution is 5.90. The number of aliphatic hydroxyl groups excluding tert-OH is 2. The molecule has 1 fully saturated rings. The van der Waals surface area contributed by atoms with Crippen LogP contribution < -0.4 is 5.73 Å². The Morgan fingerprint density at radius 3 is 2.61 bits per heavy atom. The number of hydrogen-bond acceptors (Lipinski definition) is 7. The van der Waals surface area contributed by atoms with Crippen molar-refractivity contribution in [3.05, 3.63) is 11.4 Å². The standard InChI is InChI=1S/C11H19N3O4/c1-3-18-10(16)7-8(12)14(6-4-5-6)11(17)13(2)9(7)15/h6,9,11,15,17H,3-5,12H2,1-2H3. The first-order chi connectivity index (χ1) is 8.49. The molecule has 0 spiro atoms. The first-order valence-corrected chi connectivity index (χ1v) is 6.02. The summed E-state index contributed by atoms with van der Waals surface area (Å²) in [5.74, 6) is -0.541. The molecule has 1 heterocycles. The molecular formula is C11H19N3O4. The third-order valence-corrected chi connectivity index (χ3v) is 3.25. The molecule has 2 aliphatic rings. The highest BCUT2D eigenvalue weighted by Gasteiger charge is 2.45. The molecule has 2 rings (SSSR count). The largest absolute Gasteiger partial charge is 0.462 e. The second-order valence-electron chi connectivity index (χ2n) is 4.54. The molecule has 2 atom stereocenters. The van der Waals surface area contributed by atoms with Gasteiger partial charge in [0.05, 0.1) is 6.61 Å². The van der Waals surface area contributed by atoms with Gasteiger partial charge in [-0.1, -0.05) is 0 Å². The molecule has 7 heteroatoms. The molecule has 0 amide bonds. The van der Waals surface area contributed by atoms with Crippen molar-refractivity contribution >= 4 is 5.97 Å². The van der Waals surface area contributed by atoms with Crippen LogP contribution in [-0.2, 0) is 9.53 Å². The van der Waals surface area contributed by atoms with E-state index in [0.29, 0.717) is 0 Å². The monoisotopic (exact) mass is 257 g/mol. The van der Waals surface area contributed by atoms with E-state index >= 15 is 0 Å². The van der Waals surface area contributed by atoms with E-state index in [2.05, 4.69) is 0 Å². The maximum atomic E-state index is 11.8. The van der Waals surface area contributed by atoms with Gasteiger partial charge in [-0.05, 0) is 26.8 Å². The maximum absolute atomic E-state index is 11.8. The van der Waals surface area contributed by atoms with Crippen molar-refractivity contribution in [3.8, 4) is 0 Å². The van der Waals surface area contributed by atoms with E-state index in [4.69, 9.17) is 10.5 Å². The van der Waals surface area contributed by atoms with Gasteiger partial charge < -0.3 is 25.6 Å². The summed E-state index contributed by atoms with van der Waals surface area (Å²) in [6.07, 6.45) is -0.449. The number of nitrogens with two attached hydrogens (primary N) is 1. The van der Waals surface area contributed by atoms with E-state index in [1.165, 1.54) is 11.9 Å². The molecule has 0 aromatic heterocycles. The number of likely N-dealkylation sites (N-methyl/N-ethyl adjacent to an activating group) is 1.